The van der Waals surface area contributed by atoms with E-state index in [2.05, 4.69) is 12.2 Å². The second-order valence-electron chi connectivity index (χ2n) is 3.72. The number of carbonyl (C=O) groups is 1. The van der Waals surface area contributed by atoms with E-state index in [-0.39, 0.29) is 11.9 Å². The second kappa shape index (κ2) is 4.45. The van der Waals surface area contributed by atoms with Gasteiger partial charge in [-0.05, 0) is 18.1 Å². The van der Waals surface area contributed by atoms with Gasteiger partial charge >= 0.3 is 0 Å². The second-order valence-corrected chi connectivity index (χ2v) is 3.72. The van der Waals surface area contributed by atoms with E-state index in [1.807, 2.05) is 24.3 Å². The Morgan fingerprint density at radius 1 is 1.47 bits per heavy atom. The van der Waals surface area contributed by atoms with Gasteiger partial charge in [0, 0.05) is 5.56 Å². The Morgan fingerprint density at radius 3 is 2.80 bits per heavy atom. The van der Waals surface area contributed by atoms with Crippen molar-refractivity contribution in [3.63, 3.8) is 0 Å². The summed E-state index contributed by atoms with van der Waals surface area (Å²) in [5.41, 5.74) is 1.88. The van der Waals surface area contributed by atoms with Crippen LogP contribution in [0.2, 0.25) is 0 Å². The van der Waals surface area contributed by atoms with Gasteiger partial charge in [0.2, 0.25) is 0 Å². The maximum Gasteiger partial charge on any atom is 0.251 e. The lowest BCUT2D eigenvalue weighted by atomic mass is 10.0. The number of benzene rings is 1. The molecule has 0 atom stereocenters. The highest BCUT2D eigenvalue weighted by atomic mass is 16.5. The van der Waals surface area contributed by atoms with Crippen LogP contribution in [0.15, 0.2) is 24.3 Å². The highest BCUT2D eigenvalue weighted by Gasteiger charge is 2.21. The van der Waals surface area contributed by atoms with Crippen molar-refractivity contribution in [2.75, 3.05) is 13.2 Å². The molecule has 1 aromatic rings. The van der Waals surface area contributed by atoms with Gasteiger partial charge in [-0.2, -0.15) is 0 Å². The third-order valence-corrected chi connectivity index (χ3v) is 2.62. The first-order valence-corrected chi connectivity index (χ1v) is 5.27. The summed E-state index contributed by atoms with van der Waals surface area (Å²) in [5, 5.41) is 2.94. The van der Waals surface area contributed by atoms with Gasteiger partial charge < -0.3 is 10.1 Å². The highest BCUT2D eigenvalue weighted by Crippen LogP contribution is 2.10. The molecule has 3 nitrogen and oxygen atoms in total. The average molecular weight is 205 g/mol. The Kier molecular flexibility index (Phi) is 3.02. The first-order valence-electron chi connectivity index (χ1n) is 5.27. The Hall–Kier alpha value is -1.35. The smallest absolute Gasteiger partial charge is 0.251 e. The van der Waals surface area contributed by atoms with Crippen molar-refractivity contribution >= 4 is 5.91 Å². The van der Waals surface area contributed by atoms with Gasteiger partial charge in [-0.15, -0.1) is 0 Å². The maximum absolute atomic E-state index is 11.9. The predicted octanol–water partition coefficient (Wildman–Crippen LogP) is 1.38. The van der Waals surface area contributed by atoms with Crippen molar-refractivity contribution in [3.05, 3.63) is 35.4 Å². The molecule has 1 heterocycles. The first kappa shape index (κ1) is 10.2. The van der Waals surface area contributed by atoms with Crippen molar-refractivity contribution in [3.8, 4) is 0 Å². The summed E-state index contributed by atoms with van der Waals surface area (Å²) < 4.78 is 5.01. The van der Waals surface area contributed by atoms with Crippen LogP contribution in [0.1, 0.15) is 22.8 Å². The van der Waals surface area contributed by atoms with E-state index < -0.39 is 0 Å². The molecule has 1 N–H and O–H groups in total. The van der Waals surface area contributed by atoms with E-state index in [9.17, 15) is 4.79 Å². The van der Waals surface area contributed by atoms with Crippen LogP contribution >= 0.6 is 0 Å². The van der Waals surface area contributed by atoms with Crippen molar-refractivity contribution in [2.24, 2.45) is 0 Å². The molecule has 0 bridgehead atoms. The number of carbonyl (C=O) groups excluding carboxylic acids is 1. The monoisotopic (exact) mass is 205 g/mol. The van der Waals surface area contributed by atoms with Crippen LogP contribution in [0.25, 0.3) is 0 Å². The lowest BCUT2D eigenvalue weighted by Gasteiger charge is -2.27. The quantitative estimate of drug-likeness (QED) is 0.809. The number of aryl methyl sites for hydroxylation is 1. The van der Waals surface area contributed by atoms with E-state index in [0.29, 0.717) is 13.2 Å². The fraction of sp³-hybridized carbons (Fsp3) is 0.417. The number of nitrogens with one attached hydrogen (secondary N) is 1. The van der Waals surface area contributed by atoms with Crippen LogP contribution in [0, 0.1) is 0 Å². The summed E-state index contributed by atoms with van der Waals surface area (Å²) in [7, 11) is 0. The van der Waals surface area contributed by atoms with E-state index in [0.717, 1.165) is 17.5 Å². The molecule has 2 rings (SSSR count). The molecule has 3 heteroatoms. The molecule has 1 aromatic carbocycles. The van der Waals surface area contributed by atoms with Crippen molar-refractivity contribution in [2.45, 2.75) is 19.4 Å². The molecule has 1 aliphatic heterocycles. The van der Waals surface area contributed by atoms with Crippen LogP contribution < -0.4 is 5.32 Å². The Bertz CT molecular complexity index is 358. The lowest BCUT2D eigenvalue weighted by Crippen LogP contribution is -2.48. The zero-order valence-corrected chi connectivity index (χ0v) is 8.82. The topological polar surface area (TPSA) is 38.3 Å². The number of ether oxygens (including phenoxy) is 1. The van der Waals surface area contributed by atoms with Crippen LogP contribution in [0.3, 0.4) is 0 Å². The van der Waals surface area contributed by atoms with Gasteiger partial charge in [-0.1, -0.05) is 25.1 Å². The summed E-state index contributed by atoms with van der Waals surface area (Å²) in [6.07, 6.45) is 0.880. The van der Waals surface area contributed by atoms with Gasteiger partial charge in [-0.3, -0.25) is 4.79 Å². The van der Waals surface area contributed by atoms with Gasteiger partial charge in [0.05, 0.1) is 19.3 Å². The average Bonchev–Trinajstić information content (AvgIpc) is 2.23. The van der Waals surface area contributed by atoms with Crippen LogP contribution in [0.5, 0.6) is 0 Å². The van der Waals surface area contributed by atoms with E-state index in [1.165, 1.54) is 0 Å². The number of hydrogen-bond donors (Lipinski definition) is 1. The highest BCUT2D eigenvalue weighted by molar-refractivity contribution is 5.95. The molecule has 0 saturated carbocycles. The molecule has 1 aliphatic rings. The molecule has 1 saturated heterocycles. The third-order valence-electron chi connectivity index (χ3n) is 2.62. The molecule has 0 spiro atoms. The normalized spacial score (nSPS) is 15.8. The van der Waals surface area contributed by atoms with Crippen LogP contribution in [-0.2, 0) is 11.2 Å². The lowest BCUT2D eigenvalue weighted by molar-refractivity contribution is -0.00347. The largest absolute Gasteiger partial charge is 0.377 e. The molecular weight excluding hydrogens is 190 g/mol. The van der Waals surface area contributed by atoms with Crippen molar-refractivity contribution in [1.82, 2.24) is 5.32 Å². The van der Waals surface area contributed by atoms with Gasteiger partial charge in [0.15, 0.2) is 0 Å². The first-order chi connectivity index (χ1) is 7.31. The molecule has 80 valence electrons. The Labute approximate surface area is 89.4 Å². The molecule has 15 heavy (non-hydrogen) atoms. The fourth-order valence-electron chi connectivity index (χ4n) is 1.63. The van der Waals surface area contributed by atoms with Gasteiger partial charge in [0.25, 0.3) is 5.91 Å². The molecule has 1 amide bonds. The van der Waals surface area contributed by atoms with Crippen LogP contribution in [-0.4, -0.2) is 25.2 Å². The van der Waals surface area contributed by atoms with Crippen molar-refractivity contribution in [1.29, 1.82) is 0 Å². The zero-order chi connectivity index (χ0) is 10.7. The molecule has 0 aromatic heterocycles. The van der Waals surface area contributed by atoms with Crippen molar-refractivity contribution < 1.29 is 9.53 Å². The van der Waals surface area contributed by atoms with Gasteiger partial charge in [0.1, 0.15) is 0 Å². The summed E-state index contributed by atoms with van der Waals surface area (Å²) in [4.78, 5) is 11.9. The van der Waals surface area contributed by atoms with E-state index in [4.69, 9.17) is 4.74 Å². The summed E-state index contributed by atoms with van der Waals surface area (Å²) in [6, 6.07) is 7.91. The summed E-state index contributed by atoms with van der Waals surface area (Å²) in [5.74, 6) is 0.0146. The number of hydrogen-bond acceptors (Lipinski definition) is 2. The van der Waals surface area contributed by atoms with E-state index >= 15 is 0 Å². The minimum absolute atomic E-state index is 0.0146. The van der Waals surface area contributed by atoms with Crippen LogP contribution in [0.4, 0.5) is 0 Å². The SMILES string of the molecule is CCc1ccccc1C(=O)NC1COC1. The molecule has 0 radical (unpaired) electrons. The molecular formula is C12H15NO2. The van der Waals surface area contributed by atoms with Gasteiger partial charge in [-0.25, -0.2) is 0 Å². The maximum atomic E-state index is 11.9. The number of amides is 1. The summed E-state index contributed by atoms with van der Waals surface area (Å²) in [6.45, 7) is 3.33. The van der Waals surface area contributed by atoms with E-state index in [1.54, 1.807) is 0 Å². The third kappa shape index (κ3) is 2.18. The fourth-order valence-corrected chi connectivity index (χ4v) is 1.63. The minimum Gasteiger partial charge on any atom is -0.377 e. The molecule has 0 aliphatic carbocycles. The minimum atomic E-state index is 0.0146. The summed E-state index contributed by atoms with van der Waals surface area (Å²) >= 11 is 0. The zero-order valence-electron chi connectivity index (χ0n) is 8.82. The Morgan fingerprint density at radius 2 is 2.20 bits per heavy atom. The predicted molar refractivity (Wildman–Crippen MR) is 57.9 cm³/mol. The number of rotatable bonds is 3. The Balaban J connectivity index is 2.09. The standard InChI is InChI=1S/C12H15NO2/c1-2-9-5-3-4-6-11(9)12(14)13-10-7-15-8-10/h3-6,10H,2,7-8H2,1H3,(H,13,14). The molecule has 1 fully saturated rings. The molecule has 0 unspecified atom stereocenters.